The van der Waals surface area contributed by atoms with Gasteiger partial charge < -0.3 is 14.5 Å². The van der Waals surface area contributed by atoms with Gasteiger partial charge in [-0.05, 0) is 25.0 Å². The molecule has 1 aromatic carbocycles. The summed E-state index contributed by atoms with van der Waals surface area (Å²) in [7, 11) is 0. The van der Waals surface area contributed by atoms with Crippen LogP contribution in [0.4, 0.5) is 4.79 Å². The third-order valence-corrected chi connectivity index (χ3v) is 3.60. The number of hydrogen-bond acceptors (Lipinski definition) is 4. The van der Waals surface area contributed by atoms with Gasteiger partial charge >= 0.3 is 6.09 Å². The van der Waals surface area contributed by atoms with Crippen LogP contribution in [-0.2, 0) is 0 Å². The van der Waals surface area contributed by atoms with E-state index in [0.29, 0.717) is 22.7 Å². The van der Waals surface area contributed by atoms with E-state index in [-0.39, 0.29) is 6.04 Å². The van der Waals surface area contributed by atoms with E-state index in [1.54, 1.807) is 25.1 Å². The molecule has 0 aliphatic heterocycles. The van der Waals surface area contributed by atoms with Crippen molar-refractivity contribution in [2.24, 2.45) is 0 Å². The lowest BCUT2D eigenvalue weighted by Crippen LogP contribution is -2.37. The van der Waals surface area contributed by atoms with Crippen molar-refractivity contribution in [3.63, 3.8) is 0 Å². The molecular weight excluding hydrogens is 256 g/mol. The summed E-state index contributed by atoms with van der Waals surface area (Å²) in [5.74, 6) is 1.09. The molecule has 1 fully saturated rings. The molecule has 1 N–H and O–H groups in total. The molecule has 0 saturated heterocycles. The van der Waals surface area contributed by atoms with Gasteiger partial charge in [0.15, 0.2) is 11.5 Å². The monoisotopic (exact) mass is 274 g/mol. The smallest absolute Gasteiger partial charge is 0.412 e. The SMILES string of the molecule is Cc1nc2cc(OC(=O)NC3CCCCC3)ccc2o1. The second kappa shape index (κ2) is 5.53. The molecule has 5 heteroatoms. The summed E-state index contributed by atoms with van der Waals surface area (Å²) in [4.78, 5) is 16.1. The fraction of sp³-hybridized carbons (Fsp3) is 0.467. The van der Waals surface area contributed by atoms with Crippen LogP contribution < -0.4 is 10.1 Å². The van der Waals surface area contributed by atoms with Crippen molar-refractivity contribution in [1.82, 2.24) is 10.3 Å². The van der Waals surface area contributed by atoms with Gasteiger partial charge in [0.25, 0.3) is 0 Å². The van der Waals surface area contributed by atoms with Gasteiger partial charge in [-0.2, -0.15) is 0 Å². The number of benzene rings is 1. The maximum Gasteiger partial charge on any atom is 0.412 e. The normalized spacial score (nSPS) is 16.2. The minimum Gasteiger partial charge on any atom is -0.441 e. The van der Waals surface area contributed by atoms with Crippen LogP contribution in [0.3, 0.4) is 0 Å². The number of ether oxygens (including phenoxy) is 1. The van der Waals surface area contributed by atoms with Crippen LogP contribution in [-0.4, -0.2) is 17.1 Å². The van der Waals surface area contributed by atoms with E-state index in [1.807, 2.05) is 0 Å². The van der Waals surface area contributed by atoms with Crippen LogP contribution >= 0.6 is 0 Å². The first-order valence-corrected chi connectivity index (χ1v) is 7.06. The molecular formula is C15H18N2O3. The van der Waals surface area contributed by atoms with Crippen molar-refractivity contribution in [2.45, 2.75) is 45.1 Å². The molecule has 20 heavy (non-hydrogen) atoms. The number of amides is 1. The third-order valence-electron chi connectivity index (χ3n) is 3.60. The van der Waals surface area contributed by atoms with E-state index < -0.39 is 6.09 Å². The Balaban J connectivity index is 1.64. The zero-order valence-electron chi connectivity index (χ0n) is 11.5. The van der Waals surface area contributed by atoms with Gasteiger partial charge in [0.1, 0.15) is 11.3 Å². The van der Waals surface area contributed by atoms with Crippen molar-refractivity contribution in [3.05, 3.63) is 24.1 Å². The van der Waals surface area contributed by atoms with Crippen LogP contribution in [0.1, 0.15) is 38.0 Å². The van der Waals surface area contributed by atoms with E-state index >= 15 is 0 Å². The van der Waals surface area contributed by atoms with Crippen LogP contribution in [0.15, 0.2) is 22.6 Å². The van der Waals surface area contributed by atoms with E-state index in [9.17, 15) is 4.79 Å². The first-order chi connectivity index (χ1) is 9.70. The highest BCUT2D eigenvalue weighted by molar-refractivity contribution is 5.77. The highest BCUT2D eigenvalue weighted by Crippen LogP contribution is 2.22. The summed E-state index contributed by atoms with van der Waals surface area (Å²) < 4.78 is 10.7. The highest BCUT2D eigenvalue weighted by atomic mass is 16.6. The fourth-order valence-electron chi connectivity index (χ4n) is 2.64. The Bertz CT molecular complexity index is 615. The van der Waals surface area contributed by atoms with Crippen LogP contribution in [0, 0.1) is 6.92 Å². The molecule has 0 radical (unpaired) electrons. The molecule has 1 heterocycles. The fourth-order valence-corrected chi connectivity index (χ4v) is 2.64. The standard InChI is InChI=1S/C15H18N2O3/c1-10-16-13-9-12(7-8-14(13)19-10)20-15(18)17-11-5-3-2-4-6-11/h7-9,11H,2-6H2,1H3,(H,17,18). The molecule has 1 amide bonds. The number of hydrogen-bond donors (Lipinski definition) is 1. The molecule has 1 aliphatic carbocycles. The first kappa shape index (κ1) is 13.0. The van der Waals surface area contributed by atoms with Gasteiger partial charge in [-0.1, -0.05) is 19.3 Å². The van der Waals surface area contributed by atoms with E-state index in [4.69, 9.17) is 9.15 Å². The zero-order chi connectivity index (χ0) is 13.9. The zero-order valence-corrected chi connectivity index (χ0v) is 11.5. The van der Waals surface area contributed by atoms with Crippen LogP contribution in [0.25, 0.3) is 11.1 Å². The van der Waals surface area contributed by atoms with E-state index in [2.05, 4.69) is 10.3 Å². The number of aryl methyl sites for hydroxylation is 1. The summed E-state index contributed by atoms with van der Waals surface area (Å²) in [5.41, 5.74) is 1.40. The summed E-state index contributed by atoms with van der Waals surface area (Å²) in [6.07, 6.45) is 5.30. The molecule has 5 nitrogen and oxygen atoms in total. The molecule has 0 spiro atoms. The lowest BCUT2D eigenvalue weighted by atomic mass is 9.96. The van der Waals surface area contributed by atoms with Crippen molar-refractivity contribution < 1.29 is 13.9 Å². The lowest BCUT2D eigenvalue weighted by molar-refractivity contribution is 0.192. The van der Waals surface area contributed by atoms with E-state index in [1.165, 1.54) is 19.3 Å². The Labute approximate surface area is 117 Å². The van der Waals surface area contributed by atoms with Gasteiger partial charge in [0, 0.05) is 19.0 Å². The van der Waals surface area contributed by atoms with Gasteiger partial charge in [0.05, 0.1) is 0 Å². The number of oxazole rings is 1. The number of carbonyl (C=O) groups excluding carboxylic acids is 1. The molecule has 2 aromatic rings. The number of aromatic nitrogens is 1. The Hall–Kier alpha value is -2.04. The lowest BCUT2D eigenvalue weighted by Gasteiger charge is -2.22. The minimum atomic E-state index is -0.392. The number of carbonyl (C=O) groups is 1. The Morgan fingerprint density at radius 2 is 2.15 bits per heavy atom. The van der Waals surface area contributed by atoms with Crippen LogP contribution in [0.2, 0.25) is 0 Å². The van der Waals surface area contributed by atoms with Gasteiger partial charge in [0.2, 0.25) is 0 Å². The van der Waals surface area contributed by atoms with Crippen molar-refractivity contribution in [2.75, 3.05) is 0 Å². The molecule has 106 valence electrons. The van der Waals surface area contributed by atoms with Crippen LogP contribution in [0.5, 0.6) is 5.75 Å². The largest absolute Gasteiger partial charge is 0.441 e. The number of nitrogens with one attached hydrogen (secondary N) is 1. The molecule has 1 aliphatic rings. The summed E-state index contributed by atoms with van der Waals surface area (Å²) in [6.45, 7) is 1.79. The molecule has 0 bridgehead atoms. The maximum atomic E-state index is 11.8. The molecule has 1 saturated carbocycles. The number of rotatable bonds is 2. The molecule has 0 atom stereocenters. The molecule has 3 rings (SSSR count). The summed E-state index contributed by atoms with van der Waals surface area (Å²) in [6, 6.07) is 5.44. The van der Waals surface area contributed by atoms with Crippen molar-refractivity contribution in [1.29, 1.82) is 0 Å². The van der Waals surface area contributed by atoms with Gasteiger partial charge in [-0.3, -0.25) is 0 Å². The van der Waals surface area contributed by atoms with Crippen molar-refractivity contribution in [3.8, 4) is 5.75 Å². The predicted molar refractivity (Wildman–Crippen MR) is 74.8 cm³/mol. The maximum absolute atomic E-state index is 11.8. The quantitative estimate of drug-likeness (QED) is 0.909. The second-order valence-electron chi connectivity index (χ2n) is 5.23. The Morgan fingerprint density at radius 1 is 1.35 bits per heavy atom. The second-order valence-corrected chi connectivity index (χ2v) is 5.23. The average molecular weight is 274 g/mol. The highest BCUT2D eigenvalue weighted by Gasteiger charge is 2.17. The van der Waals surface area contributed by atoms with Gasteiger partial charge in [-0.25, -0.2) is 9.78 Å². The number of nitrogens with zero attached hydrogens (tertiary/aromatic N) is 1. The third kappa shape index (κ3) is 2.92. The first-order valence-electron chi connectivity index (χ1n) is 7.06. The number of fused-ring (bicyclic) bond motifs is 1. The Morgan fingerprint density at radius 3 is 2.95 bits per heavy atom. The molecule has 0 unspecified atom stereocenters. The Kier molecular flexibility index (Phi) is 3.58. The van der Waals surface area contributed by atoms with Gasteiger partial charge in [-0.15, -0.1) is 0 Å². The summed E-state index contributed by atoms with van der Waals surface area (Å²) >= 11 is 0. The topological polar surface area (TPSA) is 64.4 Å². The molecule has 1 aromatic heterocycles. The average Bonchev–Trinajstić information content (AvgIpc) is 2.79. The van der Waals surface area contributed by atoms with Crippen molar-refractivity contribution >= 4 is 17.2 Å². The minimum absolute atomic E-state index is 0.245. The summed E-state index contributed by atoms with van der Waals surface area (Å²) in [5, 5.41) is 2.92. The predicted octanol–water partition coefficient (Wildman–Crippen LogP) is 3.56. The van der Waals surface area contributed by atoms with E-state index in [0.717, 1.165) is 12.8 Å².